The molecule has 3 atom stereocenters. The van der Waals surface area contributed by atoms with Crippen LogP contribution < -0.4 is 0 Å². The second kappa shape index (κ2) is 6.70. The van der Waals surface area contributed by atoms with Gasteiger partial charge in [-0.25, -0.2) is 9.67 Å². The summed E-state index contributed by atoms with van der Waals surface area (Å²) in [6.07, 6.45) is 4.60. The maximum Gasteiger partial charge on any atom is 0.328 e. The Morgan fingerprint density at radius 3 is 2.95 bits per heavy atom. The van der Waals surface area contributed by atoms with Crippen LogP contribution in [0.5, 0.6) is 0 Å². The smallest absolute Gasteiger partial charge is 0.328 e. The van der Waals surface area contributed by atoms with E-state index in [9.17, 15) is 4.79 Å². The molecule has 6 heteroatoms. The van der Waals surface area contributed by atoms with Crippen molar-refractivity contribution in [1.29, 1.82) is 5.26 Å². The summed E-state index contributed by atoms with van der Waals surface area (Å²) in [5.41, 5.74) is 0. The summed E-state index contributed by atoms with van der Waals surface area (Å²) in [7, 11) is 0. The van der Waals surface area contributed by atoms with E-state index in [0.29, 0.717) is 17.8 Å². The summed E-state index contributed by atoms with van der Waals surface area (Å²) in [5.74, 6) is 1.28. The summed E-state index contributed by atoms with van der Waals surface area (Å²) in [6, 6.07) is 1.83. The molecule has 0 saturated heterocycles. The molecule has 6 nitrogen and oxygen atoms in total. The molecular weight excluding hydrogens is 268 g/mol. The van der Waals surface area contributed by atoms with Gasteiger partial charge in [0.05, 0.1) is 0 Å². The molecule has 0 aromatic carbocycles. The molecule has 1 heterocycles. The summed E-state index contributed by atoms with van der Waals surface area (Å²) in [4.78, 5) is 15.8. The van der Waals surface area contributed by atoms with Gasteiger partial charge in [-0.15, -0.1) is 5.10 Å². The fourth-order valence-electron chi connectivity index (χ4n) is 3.01. The van der Waals surface area contributed by atoms with Gasteiger partial charge in [0.1, 0.15) is 25.0 Å². The molecule has 0 amide bonds. The van der Waals surface area contributed by atoms with Crippen LogP contribution in [0, 0.1) is 29.1 Å². The van der Waals surface area contributed by atoms with Crippen molar-refractivity contribution >= 4 is 5.97 Å². The highest BCUT2D eigenvalue weighted by atomic mass is 16.5. The zero-order chi connectivity index (χ0) is 15.4. The highest BCUT2D eigenvalue weighted by molar-refractivity contribution is 5.69. The van der Waals surface area contributed by atoms with Crippen LogP contribution in [0.3, 0.4) is 0 Å². The van der Waals surface area contributed by atoms with Gasteiger partial charge in [0, 0.05) is 0 Å². The number of nitrogens with zero attached hydrogens (tertiary/aromatic N) is 4. The molecule has 0 aliphatic heterocycles. The molecule has 21 heavy (non-hydrogen) atoms. The first kappa shape index (κ1) is 15.5. The van der Waals surface area contributed by atoms with Crippen molar-refractivity contribution in [3.8, 4) is 6.07 Å². The lowest BCUT2D eigenvalue weighted by atomic mass is 9.75. The molecule has 2 rings (SSSR count). The minimum Gasteiger partial charge on any atom is -0.461 e. The Labute approximate surface area is 125 Å². The zero-order valence-electron chi connectivity index (χ0n) is 12.8. The van der Waals surface area contributed by atoms with Crippen LogP contribution in [0.1, 0.15) is 45.9 Å². The monoisotopic (exact) mass is 290 g/mol. The van der Waals surface area contributed by atoms with E-state index in [1.165, 1.54) is 17.4 Å². The summed E-state index contributed by atoms with van der Waals surface area (Å²) >= 11 is 0. The standard InChI is InChI=1S/C15H22N4O2/c1-10(2)12-5-4-11(3)6-13(12)21-15(20)8-19-9-17-14(7-16)18-19/h9-13H,4-6,8H2,1-3H3. The number of hydrogen-bond acceptors (Lipinski definition) is 5. The molecule has 1 fully saturated rings. The average Bonchev–Trinajstić information content (AvgIpc) is 2.85. The van der Waals surface area contributed by atoms with E-state index in [-0.39, 0.29) is 24.4 Å². The van der Waals surface area contributed by atoms with Gasteiger partial charge in [-0.3, -0.25) is 4.79 Å². The summed E-state index contributed by atoms with van der Waals surface area (Å²) < 4.78 is 7.02. The Hall–Kier alpha value is -1.90. The van der Waals surface area contributed by atoms with E-state index in [4.69, 9.17) is 10.00 Å². The van der Waals surface area contributed by atoms with Crippen molar-refractivity contribution in [2.75, 3.05) is 0 Å². The molecule has 1 aromatic heterocycles. The highest BCUT2D eigenvalue weighted by Crippen LogP contribution is 2.35. The van der Waals surface area contributed by atoms with Crippen molar-refractivity contribution in [3.63, 3.8) is 0 Å². The predicted octanol–water partition coefficient (Wildman–Crippen LogP) is 2.15. The molecule has 0 spiro atoms. The van der Waals surface area contributed by atoms with Gasteiger partial charge in [0.2, 0.25) is 0 Å². The molecule has 1 aromatic rings. The van der Waals surface area contributed by atoms with Crippen LogP contribution in [0.4, 0.5) is 0 Å². The molecule has 0 N–H and O–H groups in total. The van der Waals surface area contributed by atoms with Crippen LogP contribution in [0.25, 0.3) is 0 Å². The molecule has 114 valence electrons. The lowest BCUT2D eigenvalue weighted by molar-refractivity contribution is -0.156. The summed E-state index contributed by atoms with van der Waals surface area (Å²) in [6.45, 7) is 6.56. The molecule has 0 bridgehead atoms. The second-order valence-electron chi connectivity index (χ2n) is 6.23. The van der Waals surface area contributed by atoms with E-state index in [0.717, 1.165) is 12.8 Å². The first-order valence-corrected chi connectivity index (χ1v) is 7.48. The fraction of sp³-hybridized carbons (Fsp3) is 0.733. The van der Waals surface area contributed by atoms with Crippen molar-refractivity contribution < 1.29 is 9.53 Å². The largest absolute Gasteiger partial charge is 0.461 e. The van der Waals surface area contributed by atoms with Gasteiger partial charge in [-0.2, -0.15) is 5.26 Å². The van der Waals surface area contributed by atoms with Crippen LogP contribution in [-0.2, 0) is 16.1 Å². The number of hydrogen-bond donors (Lipinski definition) is 0. The lowest BCUT2D eigenvalue weighted by Gasteiger charge is -2.36. The quantitative estimate of drug-likeness (QED) is 0.794. The Morgan fingerprint density at radius 1 is 1.57 bits per heavy atom. The maximum atomic E-state index is 12.1. The topological polar surface area (TPSA) is 80.8 Å². The van der Waals surface area contributed by atoms with Crippen molar-refractivity contribution in [2.24, 2.45) is 17.8 Å². The van der Waals surface area contributed by atoms with Crippen molar-refractivity contribution in [3.05, 3.63) is 12.2 Å². The summed E-state index contributed by atoms with van der Waals surface area (Å²) in [5, 5.41) is 12.5. The van der Waals surface area contributed by atoms with Crippen molar-refractivity contribution in [1.82, 2.24) is 14.8 Å². The van der Waals surface area contributed by atoms with Crippen LogP contribution >= 0.6 is 0 Å². The number of aromatic nitrogens is 3. The van der Waals surface area contributed by atoms with Crippen LogP contribution in [0.2, 0.25) is 0 Å². The maximum absolute atomic E-state index is 12.1. The van der Waals surface area contributed by atoms with E-state index in [2.05, 4.69) is 30.9 Å². The Balaban J connectivity index is 1.95. The van der Waals surface area contributed by atoms with Gasteiger partial charge < -0.3 is 4.74 Å². The van der Waals surface area contributed by atoms with E-state index >= 15 is 0 Å². The second-order valence-corrected chi connectivity index (χ2v) is 6.23. The highest BCUT2D eigenvalue weighted by Gasteiger charge is 2.33. The van der Waals surface area contributed by atoms with Crippen LogP contribution in [0.15, 0.2) is 6.33 Å². The third-order valence-corrected chi connectivity index (χ3v) is 4.17. The SMILES string of the molecule is CC1CCC(C(C)C)C(OC(=O)Cn2cnc(C#N)n2)C1. The zero-order valence-corrected chi connectivity index (χ0v) is 12.8. The first-order chi connectivity index (χ1) is 9.99. The molecule has 3 unspecified atom stereocenters. The number of rotatable bonds is 4. The van der Waals surface area contributed by atoms with Gasteiger partial charge in [-0.05, 0) is 30.6 Å². The number of esters is 1. The average molecular weight is 290 g/mol. The van der Waals surface area contributed by atoms with Gasteiger partial charge in [0.15, 0.2) is 0 Å². The van der Waals surface area contributed by atoms with E-state index in [1.54, 1.807) is 0 Å². The number of nitriles is 1. The minimum atomic E-state index is -0.311. The predicted molar refractivity (Wildman–Crippen MR) is 76.0 cm³/mol. The first-order valence-electron chi connectivity index (χ1n) is 7.48. The molecular formula is C15H22N4O2. The van der Waals surface area contributed by atoms with Gasteiger partial charge >= 0.3 is 5.97 Å². The van der Waals surface area contributed by atoms with E-state index < -0.39 is 0 Å². The molecule has 0 radical (unpaired) electrons. The number of carbonyl (C=O) groups is 1. The van der Waals surface area contributed by atoms with Gasteiger partial charge in [0.25, 0.3) is 5.82 Å². The lowest BCUT2D eigenvalue weighted by Crippen LogP contribution is -2.36. The third kappa shape index (κ3) is 4.03. The van der Waals surface area contributed by atoms with Crippen molar-refractivity contribution in [2.45, 2.75) is 52.7 Å². The molecule has 1 aliphatic carbocycles. The molecule has 1 aliphatic rings. The van der Waals surface area contributed by atoms with Gasteiger partial charge in [-0.1, -0.05) is 27.2 Å². The number of carbonyl (C=O) groups excluding carboxylic acids is 1. The Kier molecular flexibility index (Phi) is 4.94. The molecule has 1 saturated carbocycles. The minimum absolute atomic E-state index is 0.00434. The fourth-order valence-corrected chi connectivity index (χ4v) is 3.01. The number of ether oxygens (including phenoxy) is 1. The Bertz CT molecular complexity index is 532. The third-order valence-electron chi connectivity index (χ3n) is 4.17. The Morgan fingerprint density at radius 2 is 2.33 bits per heavy atom. The van der Waals surface area contributed by atoms with E-state index in [1.807, 2.05) is 6.07 Å². The normalized spacial score (nSPS) is 25.6. The van der Waals surface area contributed by atoms with Crippen LogP contribution in [-0.4, -0.2) is 26.8 Å².